The Morgan fingerprint density at radius 2 is 1.86 bits per heavy atom. The molecule has 0 radical (unpaired) electrons. The Hall–Kier alpha value is -1.35. The molecule has 2 bridgehead atoms. The highest BCUT2D eigenvalue weighted by Crippen LogP contribution is 2.49. The number of fused-ring (bicyclic) bond motifs is 2. The van der Waals surface area contributed by atoms with Crippen molar-refractivity contribution in [3.8, 4) is 0 Å². The van der Waals surface area contributed by atoms with Gasteiger partial charge in [0.1, 0.15) is 0 Å². The molecule has 1 aromatic carbocycles. The van der Waals surface area contributed by atoms with Crippen molar-refractivity contribution in [3.05, 3.63) is 35.4 Å². The summed E-state index contributed by atoms with van der Waals surface area (Å²) in [6, 6.07) is 8.54. The van der Waals surface area contributed by atoms with Crippen LogP contribution in [0.25, 0.3) is 0 Å². The van der Waals surface area contributed by atoms with Gasteiger partial charge in [0.25, 0.3) is 0 Å². The quantitative estimate of drug-likeness (QED) is 0.875. The minimum Gasteiger partial charge on any atom is -0.352 e. The minimum atomic E-state index is 0.231. The molecule has 1 aromatic rings. The number of nitrogens with zero attached hydrogens (tertiary/aromatic N) is 1. The second kappa shape index (κ2) is 6.82. The summed E-state index contributed by atoms with van der Waals surface area (Å²) < 4.78 is 0. The first-order valence-electron chi connectivity index (χ1n) is 8.59. The van der Waals surface area contributed by atoms with E-state index in [1.165, 1.54) is 36.8 Å². The van der Waals surface area contributed by atoms with E-state index in [9.17, 15) is 4.79 Å². The first-order chi connectivity index (χ1) is 10.6. The van der Waals surface area contributed by atoms with Crippen LogP contribution in [0.3, 0.4) is 0 Å². The third kappa shape index (κ3) is 3.89. The van der Waals surface area contributed by atoms with Crippen molar-refractivity contribution in [1.82, 2.24) is 10.2 Å². The van der Waals surface area contributed by atoms with Gasteiger partial charge < -0.3 is 10.2 Å². The van der Waals surface area contributed by atoms with Gasteiger partial charge in [0.15, 0.2) is 0 Å². The fourth-order valence-corrected chi connectivity index (χ4v) is 4.27. The molecule has 3 unspecified atom stereocenters. The summed E-state index contributed by atoms with van der Waals surface area (Å²) in [5.41, 5.74) is 2.49. The molecular formula is C19H28N2O. The van der Waals surface area contributed by atoms with Crippen molar-refractivity contribution in [2.45, 2.75) is 45.2 Å². The van der Waals surface area contributed by atoms with E-state index in [2.05, 4.69) is 48.6 Å². The Morgan fingerprint density at radius 1 is 1.14 bits per heavy atom. The van der Waals surface area contributed by atoms with Crippen LogP contribution < -0.4 is 5.32 Å². The van der Waals surface area contributed by atoms with Gasteiger partial charge in [0.2, 0.25) is 5.91 Å². The Labute approximate surface area is 134 Å². The second-order valence-corrected chi connectivity index (χ2v) is 7.47. The highest BCUT2D eigenvalue weighted by molar-refractivity contribution is 5.76. The maximum absolute atomic E-state index is 12.1. The zero-order chi connectivity index (χ0) is 15.5. The normalized spacial score (nSPS) is 26.6. The van der Waals surface area contributed by atoms with Gasteiger partial charge in [-0.1, -0.05) is 30.7 Å². The highest BCUT2D eigenvalue weighted by Gasteiger charge is 2.39. The molecule has 120 valence electrons. The molecule has 0 aromatic heterocycles. The van der Waals surface area contributed by atoms with Crippen molar-refractivity contribution >= 4 is 5.91 Å². The smallest absolute Gasteiger partial charge is 0.220 e. The number of nitrogens with one attached hydrogen (secondary N) is 1. The lowest BCUT2D eigenvalue weighted by Gasteiger charge is -2.20. The summed E-state index contributed by atoms with van der Waals surface area (Å²) in [6.07, 6.45) is 6.17. The summed E-state index contributed by atoms with van der Waals surface area (Å²) >= 11 is 0. The van der Waals surface area contributed by atoms with Crippen molar-refractivity contribution in [3.63, 3.8) is 0 Å². The molecule has 0 heterocycles. The standard InChI is InChI=1S/C19H28N2O/c1-21(2)13-15-5-3-14(4-6-15)12-20-19(22)11-18-10-16-7-8-17(18)9-16/h3-6,16-18H,7-13H2,1-2H3,(H,20,22). The third-order valence-electron chi connectivity index (χ3n) is 5.34. The van der Waals surface area contributed by atoms with E-state index in [0.717, 1.165) is 24.8 Å². The van der Waals surface area contributed by atoms with Gasteiger partial charge >= 0.3 is 0 Å². The van der Waals surface area contributed by atoms with E-state index in [-0.39, 0.29) is 5.91 Å². The van der Waals surface area contributed by atoms with Crippen LogP contribution in [-0.4, -0.2) is 24.9 Å². The van der Waals surface area contributed by atoms with E-state index in [0.29, 0.717) is 12.5 Å². The molecule has 2 aliphatic rings. The molecule has 1 amide bonds. The molecule has 2 fully saturated rings. The van der Waals surface area contributed by atoms with Gasteiger partial charge in [-0.05, 0) is 62.2 Å². The van der Waals surface area contributed by atoms with Crippen molar-refractivity contribution in [2.24, 2.45) is 17.8 Å². The van der Waals surface area contributed by atoms with Crippen LogP contribution in [0.4, 0.5) is 0 Å². The molecule has 0 saturated heterocycles. The Bertz CT molecular complexity index is 509. The first kappa shape index (κ1) is 15.5. The Morgan fingerprint density at radius 3 is 2.45 bits per heavy atom. The molecule has 3 heteroatoms. The molecule has 3 rings (SSSR count). The third-order valence-corrected chi connectivity index (χ3v) is 5.34. The lowest BCUT2D eigenvalue weighted by molar-refractivity contribution is -0.122. The van der Waals surface area contributed by atoms with Crippen molar-refractivity contribution in [1.29, 1.82) is 0 Å². The van der Waals surface area contributed by atoms with Crippen LogP contribution >= 0.6 is 0 Å². The van der Waals surface area contributed by atoms with Gasteiger partial charge in [-0.25, -0.2) is 0 Å². The fraction of sp³-hybridized carbons (Fsp3) is 0.632. The molecular weight excluding hydrogens is 272 g/mol. The number of hydrogen-bond acceptors (Lipinski definition) is 2. The highest BCUT2D eigenvalue weighted by atomic mass is 16.1. The van der Waals surface area contributed by atoms with Gasteiger partial charge in [-0.15, -0.1) is 0 Å². The maximum atomic E-state index is 12.1. The molecule has 3 atom stereocenters. The average Bonchev–Trinajstić information content (AvgIpc) is 3.08. The summed E-state index contributed by atoms with van der Waals surface area (Å²) in [5, 5.41) is 3.10. The summed E-state index contributed by atoms with van der Waals surface area (Å²) in [6.45, 7) is 1.61. The predicted molar refractivity (Wildman–Crippen MR) is 89.2 cm³/mol. The van der Waals surface area contributed by atoms with E-state index < -0.39 is 0 Å². The molecule has 0 aliphatic heterocycles. The zero-order valence-electron chi connectivity index (χ0n) is 13.8. The number of rotatable bonds is 6. The average molecular weight is 300 g/mol. The number of carbonyl (C=O) groups is 1. The van der Waals surface area contributed by atoms with Gasteiger partial charge in [0, 0.05) is 19.5 Å². The number of amides is 1. The van der Waals surface area contributed by atoms with Crippen molar-refractivity contribution < 1.29 is 4.79 Å². The van der Waals surface area contributed by atoms with Crippen LogP contribution in [-0.2, 0) is 17.9 Å². The van der Waals surface area contributed by atoms with Crippen LogP contribution in [0.2, 0.25) is 0 Å². The molecule has 2 aliphatic carbocycles. The van der Waals surface area contributed by atoms with E-state index in [4.69, 9.17) is 0 Å². The van der Waals surface area contributed by atoms with Gasteiger partial charge in [0.05, 0.1) is 0 Å². The summed E-state index contributed by atoms with van der Waals surface area (Å²) in [4.78, 5) is 14.3. The molecule has 2 saturated carbocycles. The molecule has 1 N–H and O–H groups in total. The van der Waals surface area contributed by atoms with E-state index in [1.54, 1.807) is 0 Å². The lowest BCUT2D eigenvalue weighted by Crippen LogP contribution is -2.26. The van der Waals surface area contributed by atoms with Crippen LogP contribution in [0.1, 0.15) is 43.2 Å². The first-order valence-corrected chi connectivity index (χ1v) is 8.59. The second-order valence-electron chi connectivity index (χ2n) is 7.47. The number of benzene rings is 1. The van der Waals surface area contributed by atoms with E-state index in [1.807, 2.05) is 0 Å². The predicted octanol–water partition coefficient (Wildman–Crippen LogP) is 3.19. The Kier molecular flexibility index (Phi) is 4.82. The minimum absolute atomic E-state index is 0.231. The maximum Gasteiger partial charge on any atom is 0.220 e. The number of carbonyl (C=O) groups excluding carboxylic acids is 1. The summed E-state index contributed by atoms with van der Waals surface area (Å²) in [5.74, 6) is 2.64. The topological polar surface area (TPSA) is 32.3 Å². The molecule has 3 nitrogen and oxygen atoms in total. The zero-order valence-corrected chi connectivity index (χ0v) is 13.8. The fourth-order valence-electron chi connectivity index (χ4n) is 4.27. The SMILES string of the molecule is CN(C)Cc1ccc(CNC(=O)CC2CC3CCC2C3)cc1. The number of hydrogen-bond donors (Lipinski definition) is 1. The monoisotopic (exact) mass is 300 g/mol. The van der Waals surface area contributed by atoms with Crippen molar-refractivity contribution in [2.75, 3.05) is 14.1 Å². The van der Waals surface area contributed by atoms with E-state index >= 15 is 0 Å². The molecule has 0 spiro atoms. The lowest BCUT2D eigenvalue weighted by atomic mass is 9.86. The largest absolute Gasteiger partial charge is 0.352 e. The summed E-state index contributed by atoms with van der Waals surface area (Å²) in [7, 11) is 4.15. The van der Waals surface area contributed by atoms with Crippen LogP contribution in [0.5, 0.6) is 0 Å². The van der Waals surface area contributed by atoms with Crippen LogP contribution in [0.15, 0.2) is 24.3 Å². The van der Waals surface area contributed by atoms with Gasteiger partial charge in [-0.2, -0.15) is 0 Å². The Balaban J connectivity index is 1.43. The van der Waals surface area contributed by atoms with Crippen LogP contribution in [0, 0.1) is 17.8 Å². The van der Waals surface area contributed by atoms with Gasteiger partial charge in [-0.3, -0.25) is 4.79 Å². The molecule has 22 heavy (non-hydrogen) atoms.